The van der Waals surface area contributed by atoms with Crippen molar-refractivity contribution in [3.63, 3.8) is 0 Å². The summed E-state index contributed by atoms with van der Waals surface area (Å²) >= 11 is 0. The average molecular weight is 229 g/mol. The van der Waals surface area contributed by atoms with Crippen LogP contribution in [-0.4, -0.2) is 15.1 Å². The van der Waals surface area contributed by atoms with Gasteiger partial charge in [0.25, 0.3) is 0 Å². The van der Waals surface area contributed by atoms with Crippen LogP contribution in [0, 0.1) is 6.92 Å². The van der Waals surface area contributed by atoms with E-state index < -0.39 is 0 Å². The first-order valence-electron chi connectivity index (χ1n) is 5.49. The SMILES string of the molecule is Cc1ccc(CO)cc1NCc1cnccn1. The van der Waals surface area contributed by atoms with Crippen LogP contribution in [0.25, 0.3) is 0 Å². The number of aliphatic hydroxyl groups excluding tert-OH is 1. The van der Waals surface area contributed by atoms with Gasteiger partial charge in [0.1, 0.15) is 0 Å². The Kier molecular flexibility index (Phi) is 3.67. The minimum absolute atomic E-state index is 0.0557. The number of hydrogen-bond acceptors (Lipinski definition) is 4. The highest BCUT2D eigenvalue weighted by molar-refractivity contribution is 5.52. The smallest absolute Gasteiger partial charge is 0.0777 e. The van der Waals surface area contributed by atoms with E-state index >= 15 is 0 Å². The van der Waals surface area contributed by atoms with Gasteiger partial charge >= 0.3 is 0 Å². The Morgan fingerprint density at radius 3 is 2.88 bits per heavy atom. The summed E-state index contributed by atoms with van der Waals surface area (Å²) in [4.78, 5) is 8.20. The first-order chi connectivity index (χ1) is 8.29. The molecule has 0 bridgehead atoms. The summed E-state index contributed by atoms with van der Waals surface area (Å²) in [6, 6.07) is 5.86. The quantitative estimate of drug-likeness (QED) is 0.840. The maximum absolute atomic E-state index is 9.09. The van der Waals surface area contributed by atoms with Crippen LogP contribution in [0.1, 0.15) is 16.8 Å². The molecule has 1 aromatic carbocycles. The lowest BCUT2D eigenvalue weighted by Crippen LogP contribution is -2.03. The van der Waals surface area contributed by atoms with E-state index in [1.165, 1.54) is 0 Å². The summed E-state index contributed by atoms with van der Waals surface area (Å²) < 4.78 is 0. The van der Waals surface area contributed by atoms with Crippen LogP contribution in [0.2, 0.25) is 0 Å². The normalized spacial score (nSPS) is 10.2. The number of rotatable bonds is 4. The number of aromatic nitrogens is 2. The fraction of sp³-hybridized carbons (Fsp3) is 0.231. The predicted molar refractivity (Wildman–Crippen MR) is 66.5 cm³/mol. The number of nitrogens with zero attached hydrogens (tertiary/aromatic N) is 2. The van der Waals surface area contributed by atoms with Gasteiger partial charge in [0.05, 0.1) is 25.0 Å². The van der Waals surface area contributed by atoms with Crippen molar-refractivity contribution < 1.29 is 5.11 Å². The zero-order valence-corrected chi connectivity index (χ0v) is 9.72. The maximum atomic E-state index is 9.09. The molecule has 2 rings (SSSR count). The molecule has 17 heavy (non-hydrogen) atoms. The van der Waals surface area contributed by atoms with Crippen LogP contribution >= 0.6 is 0 Å². The number of anilines is 1. The van der Waals surface area contributed by atoms with Gasteiger partial charge in [-0.25, -0.2) is 0 Å². The van der Waals surface area contributed by atoms with E-state index in [9.17, 15) is 0 Å². The summed E-state index contributed by atoms with van der Waals surface area (Å²) in [5.74, 6) is 0. The molecule has 0 atom stereocenters. The van der Waals surface area contributed by atoms with Crippen LogP contribution < -0.4 is 5.32 Å². The summed E-state index contributed by atoms with van der Waals surface area (Å²) in [5.41, 5.74) is 3.95. The van der Waals surface area contributed by atoms with Crippen LogP contribution in [0.3, 0.4) is 0 Å². The summed E-state index contributed by atoms with van der Waals surface area (Å²) in [6.07, 6.45) is 5.06. The zero-order chi connectivity index (χ0) is 12.1. The lowest BCUT2D eigenvalue weighted by molar-refractivity contribution is 0.282. The minimum atomic E-state index is 0.0557. The predicted octanol–water partition coefficient (Wildman–Crippen LogP) is 1.89. The second kappa shape index (κ2) is 5.41. The van der Waals surface area contributed by atoms with Crippen molar-refractivity contribution in [1.82, 2.24) is 9.97 Å². The molecule has 4 heteroatoms. The molecule has 0 unspecified atom stereocenters. The fourth-order valence-corrected chi connectivity index (χ4v) is 1.56. The Balaban J connectivity index is 2.08. The third-order valence-electron chi connectivity index (χ3n) is 2.56. The Hall–Kier alpha value is -1.94. The molecule has 0 radical (unpaired) electrons. The molecule has 0 saturated carbocycles. The van der Waals surface area contributed by atoms with Crippen LogP contribution in [0.5, 0.6) is 0 Å². The highest BCUT2D eigenvalue weighted by atomic mass is 16.3. The molecular weight excluding hydrogens is 214 g/mol. The Labute approximate surface area is 100 Å². The van der Waals surface area contributed by atoms with Crippen molar-refractivity contribution in [3.8, 4) is 0 Å². The summed E-state index contributed by atoms with van der Waals surface area (Å²) in [7, 11) is 0. The van der Waals surface area contributed by atoms with Crippen molar-refractivity contribution in [1.29, 1.82) is 0 Å². The molecule has 4 nitrogen and oxygen atoms in total. The first kappa shape index (κ1) is 11.5. The number of hydrogen-bond donors (Lipinski definition) is 2. The second-order valence-electron chi connectivity index (χ2n) is 3.86. The third-order valence-corrected chi connectivity index (χ3v) is 2.56. The van der Waals surface area contributed by atoms with E-state index in [2.05, 4.69) is 15.3 Å². The van der Waals surface area contributed by atoms with E-state index in [-0.39, 0.29) is 6.61 Å². The maximum Gasteiger partial charge on any atom is 0.0777 e. The topological polar surface area (TPSA) is 58.0 Å². The minimum Gasteiger partial charge on any atom is -0.392 e. The molecule has 0 aliphatic carbocycles. The summed E-state index contributed by atoms with van der Waals surface area (Å²) in [6.45, 7) is 2.71. The Morgan fingerprint density at radius 2 is 2.18 bits per heavy atom. The van der Waals surface area contributed by atoms with Gasteiger partial charge in [0, 0.05) is 18.1 Å². The van der Waals surface area contributed by atoms with E-state index in [0.717, 1.165) is 22.5 Å². The average Bonchev–Trinajstić information content (AvgIpc) is 2.39. The number of aryl methyl sites for hydroxylation is 1. The molecule has 0 saturated heterocycles. The molecule has 2 aromatic rings. The van der Waals surface area contributed by atoms with Gasteiger partial charge in [0.2, 0.25) is 0 Å². The molecule has 0 aliphatic rings. The van der Waals surface area contributed by atoms with E-state index in [1.807, 2.05) is 25.1 Å². The standard InChI is InChI=1S/C13H15N3O/c1-10-2-3-11(9-17)6-13(10)16-8-12-7-14-4-5-15-12/h2-7,16-17H,8-9H2,1H3. The van der Waals surface area contributed by atoms with Crippen molar-refractivity contribution in [2.75, 3.05) is 5.32 Å². The number of aliphatic hydroxyl groups is 1. The highest BCUT2D eigenvalue weighted by Crippen LogP contribution is 2.17. The van der Waals surface area contributed by atoms with Crippen LogP contribution in [-0.2, 0) is 13.2 Å². The van der Waals surface area contributed by atoms with Crippen molar-refractivity contribution in [3.05, 3.63) is 53.6 Å². The van der Waals surface area contributed by atoms with E-state index in [0.29, 0.717) is 6.54 Å². The summed E-state index contributed by atoms with van der Waals surface area (Å²) in [5, 5.41) is 12.4. The van der Waals surface area contributed by atoms with Gasteiger partial charge in [-0.2, -0.15) is 0 Å². The highest BCUT2D eigenvalue weighted by Gasteiger charge is 2.00. The van der Waals surface area contributed by atoms with Crippen molar-refractivity contribution >= 4 is 5.69 Å². The molecule has 1 aromatic heterocycles. The molecule has 0 spiro atoms. The zero-order valence-electron chi connectivity index (χ0n) is 9.72. The monoisotopic (exact) mass is 229 g/mol. The Bertz CT molecular complexity index is 485. The van der Waals surface area contributed by atoms with Gasteiger partial charge in [-0.15, -0.1) is 0 Å². The molecule has 88 valence electrons. The molecule has 0 aliphatic heterocycles. The lowest BCUT2D eigenvalue weighted by atomic mass is 10.1. The molecular formula is C13H15N3O. The second-order valence-corrected chi connectivity index (χ2v) is 3.86. The van der Waals surface area contributed by atoms with Gasteiger partial charge in [-0.05, 0) is 24.1 Å². The van der Waals surface area contributed by atoms with Crippen LogP contribution in [0.4, 0.5) is 5.69 Å². The Morgan fingerprint density at radius 1 is 1.29 bits per heavy atom. The van der Waals surface area contributed by atoms with Gasteiger partial charge < -0.3 is 10.4 Å². The van der Waals surface area contributed by atoms with Crippen molar-refractivity contribution in [2.24, 2.45) is 0 Å². The van der Waals surface area contributed by atoms with Gasteiger partial charge in [-0.3, -0.25) is 9.97 Å². The van der Waals surface area contributed by atoms with E-state index in [4.69, 9.17) is 5.11 Å². The number of nitrogens with one attached hydrogen (secondary N) is 1. The molecule has 0 fully saturated rings. The molecule has 0 amide bonds. The first-order valence-corrected chi connectivity index (χ1v) is 5.49. The van der Waals surface area contributed by atoms with E-state index in [1.54, 1.807) is 18.6 Å². The third kappa shape index (κ3) is 3.01. The van der Waals surface area contributed by atoms with Gasteiger partial charge in [0.15, 0.2) is 0 Å². The molecule has 1 heterocycles. The molecule has 2 N–H and O–H groups in total. The van der Waals surface area contributed by atoms with Crippen molar-refractivity contribution in [2.45, 2.75) is 20.1 Å². The van der Waals surface area contributed by atoms with Crippen LogP contribution in [0.15, 0.2) is 36.8 Å². The van der Waals surface area contributed by atoms with Gasteiger partial charge in [-0.1, -0.05) is 12.1 Å². The number of benzene rings is 1. The fourth-order valence-electron chi connectivity index (χ4n) is 1.56. The largest absolute Gasteiger partial charge is 0.392 e. The lowest BCUT2D eigenvalue weighted by Gasteiger charge is -2.10.